The minimum absolute atomic E-state index is 0.261. The van der Waals surface area contributed by atoms with Crippen molar-refractivity contribution in [3.63, 3.8) is 0 Å². The second-order valence-corrected chi connectivity index (χ2v) is 5.13. The molecule has 1 aromatic heterocycles. The van der Waals surface area contributed by atoms with Crippen LogP contribution < -0.4 is 16.4 Å². The Labute approximate surface area is 110 Å². The second kappa shape index (κ2) is 4.57. The van der Waals surface area contributed by atoms with Crippen molar-refractivity contribution >= 4 is 16.5 Å². The SMILES string of the molecule is CCC(Nc1cccc2c(=O)[nH][nH]c(=O)c12)C1CC1. The molecule has 1 heterocycles. The molecule has 3 rings (SSSR count). The predicted molar refractivity (Wildman–Crippen MR) is 75.6 cm³/mol. The maximum absolute atomic E-state index is 11.9. The van der Waals surface area contributed by atoms with Gasteiger partial charge in [0.1, 0.15) is 0 Å². The molecule has 1 unspecified atom stereocenters. The summed E-state index contributed by atoms with van der Waals surface area (Å²) in [6, 6.07) is 5.72. The Balaban J connectivity index is 2.10. The van der Waals surface area contributed by atoms with Crippen LogP contribution in [0.2, 0.25) is 0 Å². The van der Waals surface area contributed by atoms with E-state index < -0.39 is 0 Å². The summed E-state index contributed by atoms with van der Waals surface area (Å²) >= 11 is 0. The van der Waals surface area contributed by atoms with E-state index in [-0.39, 0.29) is 11.1 Å². The smallest absolute Gasteiger partial charge is 0.272 e. The molecule has 5 heteroatoms. The molecule has 1 aliphatic rings. The van der Waals surface area contributed by atoms with Crippen molar-refractivity contribution in [2.45, 2.75) is 32.2 Å². The first kappa shape index (κ1) is 12.0. The predicted octanol–water partition coefficient (Wildman–Crippen LogP) is 1.82. The van der Waals surface area contributed by atoms with E-state index in [1.807, 2.05) is 6.07 Å². The highest BCUT2D eigenvalue weighted by Gasteiger charge is 2.30. The zero-order valence-corrected chi connectivity index (χ0v) is 10.8. The number of H-pyrrole nitrogens is 2. The van der Waals surface area contributed by atoms with Crippen LogP contribution in [0.25, 0.3) is 10.8 Å². The average Bonchev–Trinajstić information content (AvgIpc) is 3.25. The Bertz CT molecular complexity index is 712. The van der Waals surface area contributed by atoms with Gasteiger partial charge in [0.2, 0.25) is 0 Å². The first-order valence-electron chi connectivity index (χ1n) is 6.71. The standard InChI is InChI=1S/C14H17N3O2/c1-2-10(8-6-7-8)15-11-5-3-4-9-12(11)14(19)17-16-13(9)18/h3-5,8,10,15H,2,6-7H2,1H3,(H,16,18)(H,17,19). The number of fused-ring (bicyclic) bond motifs is 1. The van der Waals surface area contributed by atoms with Crippen molar-refractivity contribution in [1.29, 1.82) is 0 Å². The van der Waals surface area contributed by atoms with Gasteiger partial charge in [0, 0.05) is 11.7 Å². The summed E-state index contributed by atoms with van der Waals surface area (Å²) < 4.78 is 0. The summed E-state index contributed by atoms with van der Waals surface area (Å²) in [7, 11) is 0. The van der Waals surface area contributed by atoms with E-state index in [1.165, 1.54) is 12.8 Å². The van der Waals surface area contributed by atoms with Gasteiger partial charge in [-0.2, -0.15) is 0 Å². The third-order valence-electron chi connectivity index (χ3n) is 3.80. The molecule has 1 saturated carbocycles. The highest BCUT2D eigenvalue weighted by atomic mass is 16.1. The Morgan fingerprint density at radius 1 is 1.26 bits per heavy atom. The van der Waals surface area contributed by atoms with Gasteiger partial charge in [-0.3, -0.25) is 19.8 Å². The number of hydrogen-bond acceptors (Lipinski definition) is 3. The van der Waals surface area contributed by atoms with E-state index in [2.05, 4.69) is 22.4 Å². The maximum Gasteiger partial charge on any atom is 0.272 e. The Kier molecular flexibility index (Phi) is 2.89. The summed E-state index contributed by atoms with van der Waals surface area (Å²) in [6.45, 7) is 2.14. The summed E-state index contributed by atoms with van der Waals surface area (Å²) in [6.07, 6.45) is 3.50. The van der Waals surface area contributed by atoms with Gasteiger partial charge in [0.15, 0.2) is 0 Å². The third kappa shape index (κ3) is 2.16. The zero-order chi connectivity index (χ0) is 13.4. The van der Waals surface area contributed by atoms with Gasteiger partial charge in [-0.05, 0) is 37.3 Å². The second-order valence-electron chi connectivity index (χ2n) is 5.13. The molecule has 0 radical (unpaired) electrons. The first-order chi connectivity index (χ1) is 9.20. The largest absolute Gasteiger partial charge is 0.381 e. The quantitative estimate of drug-likeness (QED) is 0.783. The number of hydrogen-bond donors (Lipinski definition) is 3. The lowest BCUT2D eigenvalue weighted by molar-refractivity contribution is 0.617. The zero-order valence-electron chi connectivity index (χ0n) is 10.8. The van der Waals surface area contributed by atoms with Crippen LogP contribution in [-0.2, 0) is 0 Å². The molecule has 1 aliphatic carbocycles. The lowest BCUT2D eigenvalue weighted by atomic mass is 10.1. The van der Waals surface area contributed by atoms with Crippen LogP contribution in [0.15, 0.2) is 27.8 Å². The van der Waals surface area contributed by atoms with Crippen molar-refractivity contribution < 1.29 is 0 Å². The van der Waals surface area contributed by atoms with Crippen molar-refractivity contribution in [1.82, 2.24) is 10.2 Å². The van der Waals surface area contributed by atoms with E-state index in [0.29, 0.717) is 22.7 Å². The third-order valence-corrected chi connectivity index (χ3v) is 3.80. The molecule has 2 aromatic rings. The number of benzene rings is 1. The normalized spacial score (nSPS) is 16.5. The topological polar surface area (TPSA) is 77.8 Å². The number of aromatic nitrogens is 2. The van der Waals surface area contributed by atoms with Gasteiger partial charge in [-0.25, -0.2) is 0 Å². The summed E-state index contributed by atoms with van der Waals surface area (Å²) in [5.74, 6) is 0.696. The molecule has 100 valence electrons. The van der Waals surface area contributed by atoms with Crippen LogP contribution in [-0.4, -0.2) is 16.2 Å². The molecule has 0 saturated heterocycles. The fraction of sp³-hybridized carbons (Fsp3) is 0.429. The average molecular weight is 259 g/mol. The summed E-state index contributed by atoms with van der Waals surface area (Å²) in [5, 5.41) is 9.05. The van der Waals surface area contributed by atoms with Gasteiger partial charge in [0.25, 0.3) is 11.1 Å². The summed E-state index contributed by atoms with van der Waals surface area (Å²) in [4.78, 5) is 23.7. The van der Waals surface area contributed by atoms with Gasteiger partial charge >= 0.3 is 0 Å². The Hall–Kier alpha value is -2.04. The molecule has 0 bridgehead atoms. The van der Waals surface area contributed by atoms with Crippen LogP contribution in [0.3, 0.4) is 0 Å². The van der Waals surface area contributed by atoms with Crippen molar-refractivity contribution in [2.24, 2.45) is 5.92 Å². The minimum atomic E-state index is -0.266. The molecule has 0 aliphatic heterocycles. The molecule has 1 aromatic carbocycles. The van der Waals surface area contributed by atoms with Crippen molar-refractivity contribution in [3.8, 4) is 0 Å². The van der Waals surface area contributed by atoms with E-state index >= 15 is 0 Å². The van der Waals surface area contributed by atoms with Crippen LogP contribution >= 0.6 is 0 Å². The van der Waals surface area contributed by atoms with Gasteiger partial charge in [0.05, 0.1) is 10.8 Å². The molecule has 5 nitrogen and oxygen atoms in total. The molecule has 19 heavy (non-hydrogen) atoms. The molecule has 3 N–H and O–H groups in total. The van der Waals surface area contributed by atoms with E-state index in [9.17, 15) is 9.59 Å². The lowest BCUT2D eigenvalue weighted by Crippen LogP contribution is -2.24. The van der Waals surface area contributed by atoms with Gasteiger partial charge in [-0.1, -0.05) is 13.0 Å². The molecule has 1 fully saturated rings. The van der Waals surface area contributed by atoms with Crippen LogP contribution in [0.4, 0.5) is 5.69 Å². The minimum Gasteiger partial charge on any atom is -0.381 e. The van der Waals surface area contributed by atoms with Crippen LogP contribution in [0.5, 0.6) is 0 Å². The fourth-order valence-electron chi connectivity index (χ4n) is 2.60. The van der Waals surface area contributed by atoms with Crippen molar-refractivity contribution in [2.75, 3.05) is 5.32 Å². The highest BCUT2D eigenvalue weighted by Crippen LogP contribution is 2.36. The number of aromatic amines is 2. The first-order valence-corrected chi connectivity index (χ1v) is 6.71. The van der Waals surface area contributed by atoms with Crippen molar-refractivity contribution in [3.05, 3.63) is 38.9 Å². The van der Waals surface area contributed by atoms with Gasteiger partial charge in [-0.15, -0.1) is 0 Å². The van der Waals surface area contributed by atoms with E-state index in [0.717, 1.165) is 12.1 Å². The number of nitrogens with one attached hydrogen (secondary N) is 3. The number of rotatable bonds is 4. The molecule has 0 amide bonds. The Morgan fingerprint density at radius 3 is 2.68 bits per heavy atom. The van der Waals surface area contributed by atoms with E-state index in [4.69, 9.17) is 0 Å². The Morgan fingerprint density at radius 2 is 2.00 bits per heavy atom. The fourth-order valence-corrected chi connectivity index (χ4v) is 2.60. The summed E-state index contributed by atoms with van der Waals surface area (Å²) in [5.41, 5.74) is 0.227. The monoisotopic (exact) mass is 259 g/mol. The lowest BCUT2D eigenvalue weighted by Gasteiger charge is -2.18. The molecule has 1 atom stereocenters. The highest BCUT2D eigenvalue weighted by molar-refractivity contribution is 5.92. The molecular weight excluding hydrogens is 242 g/mol. The van der Waals surface area contributed by atoms with E-state index in [1.54, 1.807) is 12.1 Å². The maximum atomic E-state index is 11.9. The van der Waals surface area contributed by atoms with Crippen LogP contribution in [0.1, 0.15) is 26.2 Å². The molecular formula is C14H17N3O2. The van der Waals surface area contributed by atoms with Crippen LogP contribution in [0, 0.1) is 5.92 Å². The molecule has 0 spiro atoms. The van der Waals surface area contributed by atoms with Gasteiger partial charge < -0.3 is 5.32 Å². The number of anilines is 1.